The van der Waals surface area contributed by atoms with Gasteiger partial charge in [-0.15, -0.1) is 10.3 Å². The first-order valence-corrected chi connectivity index (χ1v) is 2.85. The summed E-state index contributed by atoms with van der Waals surface area (Å²) < 4.78 is 4.88. The number of hydrogen-bond donors (Lipinski definition) is 2. The molecule has 0 aromatic heterocycles. The fourth-order valence-corrected chi connectivity index (χ4v) is 0.663. The molecule has 0 saturated carbocycles. The molecule has 0 bridgehead atoms. The van der Waals surface area contributed by atoms with E-state index in [1.807, 2.05) is 6.92 Å². The second-order valence-electron chi connectivity index (χ2n) is 1.91. The van der Waals surface area contributed by atoms with Gasteiger partial charge in [0, 0.05) is 6.08 Å². The van der Waals surface area contributed by atoms with Crippen LogP contribution in [0.3, 0.4) is 0 Å². The fraction of sp³-hybridized carbons (Fsp3) is 0.400. The second-order valence-corrected chi connectivity index (χ2v) is 1.91. The van der Waals surface area contributed by atoms with E-state index >= 15 is 0 Å². The summed E-state index contributed by atoms with van der Waals surface area (Å²) in [5, 5.41) is 4.95. The van der Waals surface area contributed by atoms with Gasteiger partial charge in [0.05, 0.1) is 12.8 Å². The van der Waals surface area contributed by atoms with Crippen LogP contribution < -0.4 is 11.3 Å². The molecule has 0 unspecified atom stereocenters. The van der Waals surface area contributed by atoms with Crippen molar-refractivity contribution in [1.29, 1.82) is 0 Å². The molecule has 5 nitrogen and oxygen atoms in total. The lowest BCUT2D eigenvalue weighted by atomic mass is 10.4. The Morgan fingerprint density at radius 3 is 3.00 bits per heavy atom. The minimum Gasteiger partial charge on any atom is -0.481 e. The predicted octanol–water partition coefficient (Wildman–Crippen LogP) is -0.456. The van der Waals surface area contributed by atoms with Gasteiger partial charge >= 0.3 is 0 Å². The molecule has 0 aromatic carbocycles. The minimum absolute atomic E-state index is 0.593. The summed E-state index contributed by atoms with van der Waals surface area (Å²) in [5.41, 5.74) is 3.46. The van der Waals surface area contributed by atoms with Crippen molar-refractivity contribution in [2.24, 2.45) is 10.9 Å². The van der Waals surface area contributed by atoms with Crippen molar-refractivity contribution in [3.05, 3.63) is 12.0 Å². The van der Waals surface area contributed by atoms with Crippen LogP contribution in [0.5, 0.6) is 0 Å². The van der Waals surface area contributed by atoms with Crippen molar-refractivity contribution in [3.8, 4) is 0 Å². The van der Waals surface area contributed by atoms with E-state index in [-0.39, 0.29) is 0 Å². The Kier molecular flexibility index (Phi) is 1.77. The number of nitrogens with zero attached hydrogens (tertiary/aromatic N) is 2. The van der Waals surface area contributed by atoms with Gasteiger partial charge in [-0.25, -0.2) is 11.3 Å². The second kappa shape index (κ2) is 2.57. The topological polar surface area (TPSA) is 62.9 Å². The molecule has 0 aromatic rings. The number of methoxy groups -OCH3 is 1. The fourth-order valence-electron chi connectivity index (χ4n) is 0.663. The highest BCUT2D eigenvalue weighted by molar-refractivity contribution is 5.93. The molecule has 10 heavy (non-hydrogen) atoms. The van der Waals surface area contributed by atoms with Crippen LogP contribution in [0, 0.1) is 0 Å². The van der Waals surface area contributed by atoms with Crippen molar-refractivity contribution in [1.82, 2.24) is 10.7 Å². The molecule has 3 N–H and O–H groups in total. The van der Waals surface area contributed by atoms with Crippen LogP contribution in [-0.2, 0) is 4.74 Å². The summed E-state index contributed by atoms with van der Waals surface area (Å²) in [6.07, 6.45) is 1.75. The molecule has 1 aliphatic heterocycles. The van der Waals surface area contributed by atoms with E-state index in [2.05, 4.69) is 10.5 Å². The van der Waals surface area contributed by atoms with Crippen LogP contribution in [0.25, 0.3) is 0 Å². The molecule has 0 amide bonds. The third kappa shape index (κ3) is 1.38. The molecule has 0 saturated heterocycles. The number of nitrogens with one attached hydrogen (secondary N) is 1. The van der Waals surface area contributed by atoms with Gasteiger partial charge in [-0.05, 0) is 6.92 Å². The molecule has 56 valence electrons. The first kappa shape index (κ1) is 6.88. The minimum atomic E-state index is 0.593. The SMILES string of the molecule is COC1=CC(C)=NN(N)N1. The van der Waals surface area contributed by atoms with E-state index < -0.39 is 0 Å². The quantitative estimate of drug-likeness (QED) is 0.486. The van der Waals surface area contributed by atoms with Gasteiger partial charge in [-0.1, -0.05) is 0 Å². The number of hydrogen-bond acceptors (Lipinski definition) is 5. The maximum Gasteiger partial charge on any atom is 0.209 e. The zero-order valence-corrected chi connectivity index (χ0v) is 5.96. The highest BCUT2D eigenvalue weighted by atomic mass is 16.5. The zero-order valence-electron chi connectivity index (χ0n) is 5.96. The van der Waals surface area contributed by atoms with Crippen LogP contribution >= 0.6 is 0 Å². The van der Waals surface area contributed by atoms with Gasteiger partial charge in [-0.3, -0.25) is 0 Å². The molecule has 0 atom stereocenters. The van der Waals surface area contributed by atoms with E-state index in [1.165, 1.54) is 0 Å². The summed E-state index contributed by atoms with van der Waals surface area (Å²) in [7, 11) is 1.56. The van der Waals surface area contributed by atoms with Gasteiger partial charge in [0.15, 0.2) is 0 Å². The maximum absolute atomic E-state index is 5.30. The smallest absolute Gasteiger partial charge is 0.209 e. The number of ether oxygens (including phenoxy) is 1. The average Bonchev–Trinajstić information content (AvgIpc) is 1.85. The van der Waals surface area contributed by atoms with Gasteiger partial charge in [-0.2, -0.15) is 0 Å². The first-order chi connectivity index (χ1) is 4.72. The Morgan fingerprint density at radius 2 is 2.50 bits per heavy atom. The van der Waals surface area contributed by atoms with Gasteiger partial charge in [0.25, 0.3) is 0 Å². The molecule has 1 aliphatic rings. The van der Waals surface area contributed by atoms with Crippen LogP contribution in [0.4, 0.5) is 0 Å². The van der Waals surface area contributed by atoms with E-state index in [1.54, 1.807) is 13.2 Å². The van der Waals surface area contributed by atoms with Crippen LogP contribution in [0.1, 0.15) is 6.92 Å². The molecule has 0 aliphatic carbocycles. The van der Waals surface area contributed by atoms with Gasteiger partial charge < -0.3 is 4.74 Å². The lowest BCUT2D eigenvalue weighted by molar-refractivity contribution is 0.141. The molecular formula is C5H10N4O. The normalized spacial score (nSPS) is 17.3. The van der Waals surface area contributed by atoms with E-state index in [0.717, 1.165) is 10.9 Å². The van der Waals surface area contributed by atoms with Crippen LogP contribution in [0.15, 0.2) is 17.1 Å². The highest BCUT2D eigenvalue weighted by Gasteiger charge is 2.05. The van der Waals surface area contributed by atoms with Crippen molar-refractivity contribution >= 4 is 5.71 Å². The maximum atomic E-state index is 5.30. The Labute approximate surface area is 59.1 Å². The summed E-state index contributed by atoms with van der Waals surface area (Å²) >= 11 is 0. The molecule has 0 fully saturated rings. The molecular weight excluding hydrogens is 132 g/mol. The monoisotopic (exact) mass is 142 g/mol. The molecule has 1 rings (SSSR count). The number of rotatable bonds is 1. The Bertz CT molecular complexity index is 186. The molecule has 5 heteroatoms. The van der Waals surface area contributed by atoms with Crippen LogP contribution in [0.2, 0.25) is 0 Å². The summed E-state index contributed by atoms with van der Waals surface area (Å²) in [6.45, 7) is 1.83. The standard InChI is InChI=1S/C5H10N4O/c1-4-3-5(10-2)8-9(6)7-4/h3,8H,6H2,1-2H3. The Hall–Kier alpha value is -1.23. The average molecular weight is 142 g/mol. The third-order valence-corrected chi connectivity index (χ3v) is 1.05. The highest BCUT2D eigenvalue weighted by Crippen LogP contribution is 1.98. The zero-order chi connectivity index (χ0) is 7.56. The van der Waals surface area contributed by atoms with Crippen molar-refractivity contribution in [3.63, 3.8) is 0 Å². The summed E-state index contributed by atoms with van der Waals surface area (Å²) in [4.78, 5) is 0. The van der Waals surface area contributed by atoms with E-state index in [0.29, 0.717) is 5.88 Å². The Morgan fingerprint density at radius 1 is 1.80 bits per heavy atom. The first-order valence-electron chi connectivity index (χ1n) is 2.85. The van der Waals surface area contributed by atoms with Crippen LogP contribution in [-0.4, -0.2) is 18.0 Å². The largest absolute Gasteiger partial charge is 0.481 e. The lowest BCUT2D eigenvalue weighted by Gasteiger charge is -2.20. The van der Waals surface area contributed by atoms with Gasteiger partial charge in [0.2, 0.25) is 5.88 Å². The molecule has 1 heterocycles. The molecule has 0 spiro atoms. The van der Waals surface area contributed by atoms with Crippen molar-refractivity contribution in [2.45, 2.75) is 6.92 Å². The number of hydrazone groups is 1. The number of allylic oxidation sites excluding steroid dienone is 1. The molecule has 0 radical (unpaired) electrons. The Balaban J connectivity index is 2.70. The number of hydrazine groups is 2. The lowest BCUT2D eigenvalue weighted by Crippen LogP contribution is -2.42. The predicted molar refractivity (Wildman–Crippen MR) is 37.4 cm³/mol. The summed E-state index contributed by atoms with van der Waals surface area (Å²) in [6, 6.07) is 0. The summed E-state index contributed by atoms with van der Waals surface area (Å²) in [5.74, 6) is 5.90. The van der Waals surface area contributed by atoms with Crippen molar-refractivity contribution in [2.75, 3.05) is 7.11 Å². The van der Waals surface area contributed by atoms with E-state index in [9.17, 15) is 0 Å². The van der Waals surface area contributed by atoms with Crippen molar-refractivity contribution < 1.29 is 4.74 Å². The third-order valence-electron chi connectivity index (χ3n) is 1.05. The number of nitrogens with two attached hydrogens (primary N) is 1. The van der Waals surface area contributed by atoms with E-state index in [4.69, 9.17) is 10.6 Å². The van der Waals surface area contributed by atoms with Gasteiger partial charge in [0.1, 0.15) is 0 Å².